The Balaban J connectivity index is 2.93. The molecule has 6 nitrogen and oxygen atoms in total. The number of esters is 3. The number of thioether (sulfide) groups is 1. The fraction of sp³-hybridized carbons (Fsp3) is 0.786. The summed E-state index contributed by atoms with van der Waals surface area (Å²) < 4.78 is 15.7. The van der Waals surface area contributed by atoms with Gasteiger partial charge >= 0.3 is 17.9 Å². The highest BCUT2D eigenvalue weighted by Crippen LogP contribution is 2.41. The first-order chi connectivity index (χ1) is 9.72. The van der Waals surface area contributed by atoms with Crippen LogP contribution in [0.4, 0.5) is 0 Å². The van der Waals surface area contributed by atoms with Crippen molar-refractivity contribution in [1.82, 2.24) is 0 Å². The molecule has 1 aliphatic heterocycles. The first-order valence-corrected chi connectivity index (χ1v) is 7.80. The molecule has 0 N–H and O–H groups in total. The van der Waals surface area contributed by atoms with E-state index < -0.39 is 30.1 Å². The molecule has 0 aromatic heterocycles. The van der Waals surface area contributed by atoms with Gasteiger partial charge in [0.15, 0.2) is 12.2 Å². The van der Waals surface area contributed by atoms with Crippen LogP contribution < -0.4 is 0 Å². The van der Waals surface area contributed by atoms with E-state index in [9.17, 15) is 14.4 Å². The van der Waals surface area contributed by atoms with Crippen molar-refractivity contribution in [3.05, 3.63) is 0 Å². The fourth-order valence-corrected chi connectivity index (χ4v) is 3.88. The summed E-state index contributed by atoms with van der Waals surface area (Å²) in [6, 6.07) is 0. The number of ether oxygens (including phenoxy) is 3. The molecule has 0 amide bonds. The number of carbonyl (C=O) groups is 3. The third kappa shape index (κ3) is 5.22. The lowest BCUT2D eigenvalue weighted by molar-refractivity contribution is -0.165. The van der Waals surface area contributed by atoms with Crippen LogP contribution in [0.5, 0.6) is 0 Å². The summed E-state index contributed by atoms with van der Waals surface area (Å²) in [6.45, 7) is 8.09. The Labute approximate surface area is 128 Å². The molecule has 7 heteroatoms. The summed E-state index contributed by atoms with van der Waals surface area (Å²) in [6.07, 6.45) is -1.14. The molecular formula is C14H22O6S. The highest BCUT2D eigenvalue weighted by molar-refractivity contribution is 8.01. The molecule has 0 radical (unpaired) electrons. The molecule has 4 atom stereocenters. The first kappa shape index (κ1) is 17.8. The van der Waals surface area contributed by atoms with Crippen LogP contribution in [0.2, 0.25) is 0 Å². The normalized spacial score (nSPS) is 28.3. The predicted molar refractivity (Wildman–Crippen MR) is 77.7 cm³/mol. The number of hydrogen-bond acceptors (Lipinski definition) is 7. The van der Waals surface area contributed by atoms with Gasteiger partial charge in [0, 0.05) is 26.0 Å². The van der Waals surface area contributed by atoms with Gasteiger partial charge in [-0.2, -0.15) is 0 Å². The zero-order valence-corrected chi connectivity index (χ0v) is 13.8. The van der Waals surface area contributed by atoms with E-state index in [0.717, 1.165) is 0 Å². The van der Waals surface area contributed by atoms with Gasteiger partial charge in [-0.05, 0) is 5.92 Å². The lowest BCUT2D eigenvalue weighted by atomic mass is 9.99. The molecule has 120 valence electrons. The van der Waals surface area contributed by atoms with Gasteiger partial charge in [0.2, 0.25) is 0 Å². The van der Waals surface area contributed by atoms with Gasteiger partial charge in [-0.15, -0.1) is 11.8 Å². The summed E-state index contributed by atoms with van der Waals surface area (Å²) >= 11 is 1.53. The Morgan fingerprint density at radius 1 is 0.952 bits per heavy atom. The van der Waals surface area contributed by atoms with Crippen LogP contribution in [0, 0.1) is 5.92 Å². The summed E-state index contributed by atoms with van der Waals surface area (Å²) in [4.78, 5) is 33.6. The maximum atomic E-state index is 11.3. The monoisotopic (exact) mass is 318 g/mol. The smallest absolute Gasteiger partial charge is 0.303 e. The Hall–Kier alpha value is -1.24. The number of rotatable bonds is 5. The third-order valence-corrected chi connectivity index (χ3v) is 4.94. The molecule has 1 rings (SSSR count). The minimum Gasteiger partial charge on any atom is -0.465 e. The van der Waals surface area contributed by atoms with Crippen molar-refractivity contribution in [2.45, 2.75) is 57.3 Å². The van der Waals surface area contributed by atoms with Gasteiger partial charge in [0.1, 0.15) is 6.61 Å². The second-order valence-electron chi connectivity index (χ2n) is 5.33. The van der Waals surface area contributed by atoms with E-state index in [2.05, 4.69) is 0 Å². The highest BCUT2D eigenvalue weighted by atomic mass is 32.2. The van der Waals surface area contributed by atoms with Gasteiger partial charge in [0.25, 0.3) is 0 Å². The Morgan fingerprint density at radius 3 is 1.90 bits per heavy atom. The predicted octanol–water partition coefficient (Wildman–Crippen LogP) is 1.55. The van der Waals surface area contributed by atoms with Crippen molar-refractivity contribution in [2.75, 3.05) is 6.61 Å². The Kier molecular flexibility index (Phi) is 6.51. The lowest BCUT2D eigenvalue weighted by Crippen LogP contribution is -2.42. The second-order valence-corrected chi connectivity index (χ2v) is 6.76. The van der Waals surface area contributed by atoms with Crippen molar-refractivity contribution in [1.29, 1.82) is 0 Å². The van der Waals surface area contributed by atoms with Crippen LogP contribution in [0.1, 0.15) is 34.6 Å². The Morgan fingerprint density at radius 2 is 1.48 bits per heavy atom. The van der Waals surface area contributed by atoms with Crippen molar-refractivity contribution in [3.63, 3.8) is 0 Å². The van der Waals surface area contributed by atoms with Crippen LogP contribution in [0.25, 0.3) is 0 Å². The SMILES string of the molecule is CC(=O)OC[C@@H]1S[C@H](C(C)C)C(OC(C)=O)C1OC(C)=O. The molecule has 0 bridgehead atoms. The van der Waals surface area contributed by atoms with Crippen LogP contribution >= 0.6 is 11.8 Å². The first-order valence-electron chi connectivity index (χ1n) is 6.85. The van der Waals surface area contributed by atoms with Gasteiger partial charge in [-0.25, -0.2) is 0 Å². The molecule has 1 saturated heterocycles. The lowest BCUT2D eigenvalue weighted by Gasteiger charge is -2.26. The molecular weight excluding hydrogens is 296 g/mol. The number of carbonyl (C=O) groups excluding carboxylic acids is 3. The average Bonchev–Trinajstić information content (AvgIpc) is 2.64. The van der Waals surface area contributed by atoms with Crippen molar-refractivity contribution < 1.29 is 28.6 Å². The van der Waals surface area contributed by atoms with Gasteiger partial charge < -0.3 is 14.2 Å². The summed E-state index contributed by atoms with van der Waals surface area (Å²) in [5, 5.41) is -0.256. The average molecular weight is 318 g/mol. The molecule has 0 aromatic carbocycles. The van der Waals surface area contributed by atoms with Crippen molar-refractivity contribution in [3.8, 4) is 0 Å². The second kappa shape index (κ2) is 7.68. The van der Waals surface area contributed by atoms with Gasteiger partial charge in [-0.1, -0.05) is 13.8 Å². The number of hydrogen-bond donors (Lipinski definition) is 0. The standard InChI is InChI=1S/C14H22O6S/c1-7(2)14-13(20-10(5)17)12(19-9(4)16)11(21-14)6-18-8(3)15/h7,11-14H,6H2,1-5H3/t11-,12?,13?,14+/m0/s1. The van der Waals surface area contributed by atoms with E-state index in [1.165, 1.54) is 32.5 Å². The third-order valence-electron chi connectivity index (χ3n) is 3.06. The van der Waals surface area contributed by atoms with E-state index in [1.54, 1.807) is 0 Å². The topological polar surface area (TPSA) is 78.9 Å². The van der Waals surface area contributed by atoms with Crippen molar-refractivity contribution in [2.24, 2.45) is 5.92 Å². The van der Waals surface area contributed by atoms with E-state index in [0.29, 0.717) is 0 Å². The van der Waals surface area contributed by atoms with Crippen LogP contribution in [0.3, 0.4) is 0 Å². The van der Waals surface area contributed by atoms with Crippen LogP contribution in [-0.4, -0.2) is 47.2 Å². The summed E-state index contributed by atoms with van der Waals surface area (Å²) in [5.74, 6) is -1.04. The van der Waals surface area contributed by atoms with Crippen LogP contribution in [-0.2, 0) is 28.6 Å². The largest absolute Gasteiger partial charge is 0.465 e. The molecule has 2 unspecified atom stereocenters. The summed E-state index contributed by atoms with van der Waals surface area (Å²) in [5.41, 5.74) is 0. The quantitative estimate of drug-likeness (QED) is 0.562. The molecule has 0 aliphatic carbocycles. The molecule has 0 aromatic rings. The molecule has 0 spiro atoms. The highest BCUT2D eigenvalue weighted by Gasteiger charge is 2.49. The van der Waals surface area contributed by atoms with Crippen LogP contribution in [0.15, 0.2) is 0 Å². The van der Waals surface area contributed by atoms with Gasteiger partial charge in [-0.3, -0.25) is 14.4 Å². The zero-order chi connectivity index (χ0) is 16.2. The summed E-state index contributed by atoms with van der Waals surface area (Å²) in [7, 11) is 0. The molecule has 0 saturated carbocycles. The molecule has 21 heavy (non-hydrogen) atoms. The maximum Gasteiger partial charge on any atom is 0.303 e. The maximum absolute atomic E-state index is 11.3. The zero-order valence-electron chi connectivity index (χ0n) is 13.0. The molecule has 1 fully saturated rings. The fourth-order valence-electron chi connectivity index (χ4n) is 2.29. The van der Waals surface area contributed by atoms with E-state index in [-0.39, 0.29) is 23.0 Å². The Bertz CT molecular complexity index is 408. The minimum absolute atomic E-state index is 0.0150. The molecule has 1 heterocycles. The van der Waals surface area contributed by atoms with E-state index >= 15 is 0 Å². The molecule has 1 aliphatic rings. The minimum atomic E-state index is -0.608. The van der Waals surface area contributed by atoms with Crippen molar-refractivity contribution >= 4 is 29.7 Å². The van der Waals surface area contributed by atoms with E-state index in [4.69, 9.17) is 14.2 Å². The van der Waals surface area contributed by atoms with E-state index in [1.807, 2.05) is 13.8 Å². The van der Waals surface area contributed by atoms with Gasteiger partial charge in [0.05, 0.1) is 5.25 Å².